The third-order valence-corrected chi connectivity index (χ3v) is 3.10. The summed E-state index contributed by atoms with van der Waals surface area (Å²) in [6.45, 7) is 1.32. The molecule has 0 saturated carbocycles. The van der Waals surface area contributed by atoms with Gasteiger partial charge in [-0.3, -0.25) is 4.98 Å². The van der Waals surface area contributed by atoms with Crippen molar-refractivity contribution in [1.29, 1.82) is 0 Å². The molecule has 0 aliphatic heterocycles. The molecule has 1 aromatic carbocycles. The molecule has 1 heterocycles. The summed E-state index contributed by atoms with van der Waals surface area (Å²) in [5, 5.41) is 3.12. The maximum absolute atomic E-state index is 5.73. The van der Waals surface area contributed by atoms with Crippen molar-refractivity contribution < 1.29 is 4.74 Å². The van der Waals surface area contributed by atoms with Crippen molar-refractivity contribution >= 4 is 15.9 Å². The zero-order valence-electron chi connectivity index (χ0n) is 10.2. The first-order chi connectivity index (χ1) is 8.79. The third kappa shape index (κ3) is 3.55. The van der Waals surface area contributed by atoms with E-state index in [1.165, 1.54) is 5.56 Å². The molecule has 0 atom stereocenters. The Bertz CT molecular complexity index is 502. The number of nitrogens with zero attached hydrogens (tertiary/aromatic N) is 1. The van der Waals surface area contributed by atoms with Crippen LogP contribution in [0.15, 0.2) is 47.1 Å². The topological polar surface area (TPSA) is 34.1 Å². The Morgan fingerprint density at radius 3 is 2.83 bits per heavy atom. The van der Waals surface area contributed by atoms with E-state index in [4.69, 9.17) is 4.74 Å². The number of hydrogen-bond acceptors (Lipinski definition) is 3. The van der Waals surface area contributed by atoms with Crippen molar-refractivity contribution in [3.8, 4) is 5.75 Å². The summed E-state index contributed by atoms with van der Waals surface area (Å²) in [4.78, 5) is 4.22. The van der Waals surface area contributed by atoms with Crippen molar-refractivity contribution in [1.82, 2.24) is 10.3 Å². The van der Waals surface area contributed by atoms with Gasteiger partial charge in [0.05, 0.1) is 10.2 Å². The van der Waals surface area contributed by atoms with Crippen molar-refractivity contribution in [3.05, 3.63) is 58.3 Å². The Hall–Kier alpha value is -1.39. The van der Waals surface area contributed by atoms with Gasteiger partial charge >= 0.3 is 0 Å². The molecule has 0 unspecified atom stereocenters. The van der Waals surface area contributed by atoms with E-state index in [2.05, 4.69) is 38.4 Å². The molecular formula is C14H15BrN2O. The molecule has 1 N–H and O–H groups in total. The number of ether oxygens (including phenoxy) is 1. The van der Waals surface area contributed by atoms with Crippen LogP contribution in [0.5, 0.6) is 5.75 Å². The predicted octanol–water partition coefficient (Wildman–Crippen LogP) is 3.14. The van der Waals surface area contributed by atoms with E-state index in [-0.39, 0.29) is 0 Å². The van der Waals surface area contributed by atoms with Gasteiger partial charge in [0, 0.05) is 12.7 Å². The minimum atomic E-state index is 0.477. The van der Waals surface area contributed by atoms with Crippen LogP contribution < -0.4 is 10.1 Å². The van der Waals surface area contributed by atoms with Crippen molar-refractivity contribution in [3.63, 3.8) is 0 Å². The first-order valence-corrected chi connectivity index (χ1v) is 6.54. The monoisotopic (exact) mass is 306 g/mol. The molecule has 18 heavy (non-hydrogen) atoms. The fourth-order valence-corrected chi connectivity index (χ4v) is 2.15. The Balaban J connectivity index is 2.01. The number of nitrogens with one attached hydrogen (secondary N) is 1. The van der Waals surface area contributed by atoms with E-state index in [0.717, 1.165) is 22.5 Å². The summed E-state index contributed by atoms with van der Waals surface area (Å²) in [5.74, 6) is 0.834. The molecular weight excluding hydrogens is 292 g/mol. The van der Waals surface area contributed by atoms with Crippen molar-refractivity contribution in [2.24, 2.45) is 0 Å². The minimum Gasteiger partial charge on any atom is -0.486 e. The maximum atomic E-state index is 5.73. The Labute approximate surface area is 115 Å². The smallest absolute Gasteiger partial charge is 0.134 e. The Kier molecular flexibility index (Phi) is 4.73. The van der Waals surface area contributed by atoms with Crippen LogP contribution >= 0.6 is 15.9 Å². The van der Waals surface area contributed by atoms with Gasteiger partial charge in [-0.25, -0.2) is 0 Å². The van der Waals surface area contributed by atoms with Crippen molar-refractivity contribution in [2.75, 3.05) is 7.05 Å². The number of pyridine rings is 1. The Morgan fingerprint density at radius 2 is 2.17 bits per heavy atom. The lowest BCUT2D eigenvalue weighted by atomic mass is 10.2. The highest BCUT2D eigenvalue weighted by atomic mass is 79.9. The predicted molar refractivity (Wildman–Crippen MR) is 75.5 cm³/mol. The van der Waals surface area contributed by atoms with Crippen LogP contribution in [0.3, 0.4) is 0 Å². The van der Waals surface area contributed by atoms with Crippen LogP contribution in [0.1, 0.15) is 11.3 Å². The normalized spacial score (nSPS) is 10.3. The maximum Gasteiger partial charge on any atom is 0.134 e. The van der Waals surface area contributed by atoms with E-state index >= 15 is 0 Å². The van der Waals surface area contributed by atoms with E-state index in [9.17, 15) is 0 Å². The standard InChI is InChI=1S/C14H15BrN2O/c1-16-9-11-5-6-14(13(15)8-11)18-10-12-4-2-3-7-17-12/h2-8,16H,9-10H2,1H3. The molecule has 0 aliphatic rings. The molecule has 2 aromatic rings. The van der Waals surface area contributed by atoms with Crippen LogP contribution in [-0.4, -0.2) is 12.0 Å². The van der Waals surface area contributed by atoms with Gasteiger partial charge in [0.25, 0.3) is 0 Å². The second kappa shape index (κ2) is 6.52. The van der Waals surface area contributed by atoms with E-state index in [1.54, 1.807) is 6.20 Å². The van der Waals surface area contributed by atoms with E-state index < -0.39 is 0 Å². The van der Waals surface area contributed by atoms with Gasteiger partial charge < -0.3 is 10.1 Å². The lowest BCUT2D eigenvalue weighted by Gasteiger charge is -2.09. The molecule has 1 aromatic heterocycles. The van der Waals surface area contributed by atoms with Gasteiger partial charge in [-0.15, -0.1) is 0 Å². The number of hydrogen-bond donors (Lipinski definition) is 1. The Morgan fingerprint density at radius 1 is 1.28 bits per heavy atom. The zero-order valence-corrected chi connectivity index (χ0v) is 11.8. The summed E-state index contributed by atoms with van der Waals surface area (Å²) in [6, 6.07) is 11.9. The van der Waals surface area contributed by atoms with Crippen LogP contribution in [0, 0.1) is 0 Å². The molecule has 0 spiro atoms. The fraction of sp³-hybridized carbons (Fsp3) is 0.214. The average Bonchev–Trinajstić information content (AvgIpc) is 2.39. The highest BCUT2D eigenvalue weighted by Crippen LogP contribution is 2.26. The van der Waals surface area contributed by atoms with E-state index in [0.29, 0.717) is 6.61 Å². The molecule has 3 nitrogen and oxygen atoms in total. The van der Waals surface area contributed by atoms with Crippen LogP contribution in [0.4, 0.5) is 0 Å². The highest BCUT2D eigenvalue weighted by molar-refractivity contribution is 9.10. The largest absolute Gasteiger partial charge is 0.486 e. The van der Waals surface area contributed by atoms with Crippen LogP contribution in [-0.2, 0) is 13.2 Å². The number of halogens is 1. The van der Waals surface area contributed by atoms with Gasteiger partial charge in [-0.2, -0.15) is 0 Å². The fourth-order valence-electron chi connectivity index (χ4n) is 1.61. The SMILES string of the molecule is CNCc1ccc(OCc2ccccn2)c(Br)c1. The molecule has 2 rings (SSSR count). The first-order valence-electron chi connectivity index (χ1n) is 5.75. The van der Waals surface area contributed by atoms with Gasteiger partial charge in [-0.1, -0.05) is 12.1 Å². The van der Waals surface area contributed by atoms with Crippen LogP contribution in [0.2, 0.25) is 0 Å². The van der Waals surface area contributed by atoms with Gasteiger partial charge in [-0.05, 0) is 52.8 Å². The quantitative estimate of drug-likeness (QED) is 0.921. The van der Waals surface area contributed by atoms with Gasteiger partial charge in [0.2, 0.25) is 0 Å². The molecule has 4 heteroatoms. The number of rotatable bonds is 5. The molecule has 0 bridgehead atoms. The third-order valence-electron chi connectivity index (χ3n) is 2.48. The lowest BCUT2D eigenvalue weighted by Crippen LogP contribution is -2.05. The molecule has 0 aliphatic carbocycles. The molecule has 0 radical (unpaired) electrons. The number of aromatic nitrogens is 1. The minimum absolute atomic E-state index is 0.477. The summed E-state index contributed by atoms with van der Waals surface area (Å²) >= 11 is 3.52. The lowest BCUT2D eigenvalue weighted by molar-refractivity contribution is 0.299. The summed E-state index contributed by atoms with van der Waals surface area (Å²) in [5.41, 5.74) is 2.14. The van der Waals surface area contributed by atoms with E-state index in [1.807, 2.05) is 31.3 Å². The average molecular weight is 307 g/mol. The van der Waals surface area contributed by atoms with Crippen LogP contribution in [0.25, 0.3) is 0 Å². The molecule has 0 saturated heterocycles. The highest BCUT2D eigenvalue weighted by Gasteiger charge is 2.03. The second-order valence-corrected chi connectivity index (χ2v) is 4.76. The number of benzene rings is 1. The van der Waals surface area contributed by atoms with Gasteiger partial charge in [0.1, 0.15) is 12.4 Å². The summed E-state index contributed by atoms with van der Waals surface area (Å²) in [7, 11) is 1.93. The molecule has 94 valence electrons. The second-order valence-electron chi connectivity index (χ2n) is 3.90. The summed E-state index contributed by atoms with van der Waals surface area (Å²) in [6.07, 6.45) is 1.77. The van der Waals surface area contributed by atoms with Gasteiger partial charge in [0.15, 0.2) is 0 Å². The summed E-state index contributed by atoms with van der Waals surface area (Å²) < 4.78 is 6.69. The molecule has 0 amide bonds. The zero-order chi connectivity index (χ0) is 12.8. The van der Waals surface area contributed by atoms with Crippen molar-refractivity contribution in [2.45, 2.75) is 13.2 Å². The first kappa shape index (κ1) is 13.1. The molecule has 0 fully saturated rings.